The Bertz CT molecular complexity index is 909. The van der Waals surface area contributed by atoms with Gasteiger partial charge in [0, 0.05) is 30.7 Å². The Hall–Kier alpha value is -2.92. The number of nitrogens with one attached hydrogen (secondary N) is 2. The number of hydrogen-bond acceptors (Lipinski definition) is 4. The number of rotatable bonds is 7. The maximum atomic E-state index is 4.38. The number of likely N-dealkylation sites (tertiary alicyclic amines) is 1. The first-order valence-electron chi connectivity index (χ1n) is 10.4. The number of H-pyrrole nitrogens is 1. The van der Waals surface area contributed by atoms with E-state index < -0.39 is 0 Å². The van der Waals surface area contributed by atoms with Crippen molar-refractivity contribution in [3.8, 4) is 11.4 Å². The molecule has 3 aromatic rings. The third-order valence-electron chi connectivity index (χ3n) is 5.55. The number of aromatic nitrogens is 3. The van der Waals surface area contributed by atoms with Gasteiger partial charge in [-0.3, -0.25) is 9.88 Å². The lowest BCUT2D eigenvalue weighted by Crippen LogP contribution is -2.34. The van der Waals surface area contributed by atoms with E-state index in [-0.39, 0.29) is 0 Å². The van der Waals surface area contributed by atoms with Crippen LogP contribution in [0.25, 0.3) is 11.4 Å². The molecule has 3 heterocycles. The van der Waals surface area contributed by atoms with Crippen LogP contribution in [0.3, 0.4) is 0 Å². The minimum Gasteiger partial charge on any atom is -0.385 e. The number of aromatic amines is 1. The van der Waals surface area contributed by atoms with Gasteiger partial charge in [0.05, 0.1) is 12.2 Å². The molecular formula is C24H29N5. The molecule has 0 radical (unpaired) electrons. The predicted molar refractivity (Wildman–Crippen MR) is 117 cm³/mol. The number of hydrogen-bond donors (Lipinski definition) is 2. The van der Waals surface area contributed by atoms with Crippen molar-refractivity contribution in [2.45, 2.75) is 32.2 Å². The summed E-state index contributed by atoms with van der Waals surface area (Å²) >= 11 is 0. The molecule has 1 saturated heterocycles. The van der Waals surface area contributed by atoms with Crippen molar-refractivity contribution >= 4 is 0 Å². The van der Waals surface area contributed by atoms with Crippen LogP contribution in [0.2, 0.25) is 0 Å². The zero-order chi connectivity index (χ0) is 19.9. The Balaban J connectivity index is 1.26. The lowest BCUT2D eigenvalue weighted by molar-refractivity contribution is 0.228. The molecule has 29 heavy (non-hydrogen) atoms. The maximum absolute atomic E-state index is 4.38. The molecular weight excluding hydrogens is 358 g/mol. The number of nitrogens with zero attached hydrogens (tertiary/aromatic N) is 3. The van der Waals surface area contributed by atoms with E-state index in [9.17, 15) is 0 Å². The molecule has 0 bridgehead atoms. The highest BCUT2D eigenvalue weighted by Gasteiger charge is 2.21. The normalized spacial score (nSPS) is 16.1. The van der Waals surface area contributed by atoms with Crippen LogP contribution in [-0.4, -0.2) is 39.5 Å². The highest BCUT2D eigenvalue weighted by Crippen LogP contribution is 2.30. The van der Waals surface area contributed by atoms with Crippen LogP contribution < -0.4 is 5.32 Å². The van der Waals surface area contributed by atoms with E-state index in [2.05, 4.69) is 62.6 Å². The Morgan fingerprint density at radius 1 is 1.14 bits per heavy atom. The molecule has 0 amide bonds. The van der Waals surface area contributed by atoms with E-state index in [1.54, 1.807) is 0 Å². The van der Waals surface area contributed by atoms with Gasteiger partial charge in [-0.25, -0.2) is 4.98 Å². The standard InChI is InChI=1S/C24H29N5/c1-19(16-25-17-23-7-2-3-10-26-23)18-29-13-8-20(9-14-29)21-5-4-6-22(15-21)24-27-11-12-28-24/h2-7,10-12,15-16,20,25H,8-9,13-14,17-18H2,1H3,(H,27,28)/b19-16+. The number of piperidine rings is 1. The van der Waals surface area contributed by atoms with E-state index in [1.165, 1.54) is 29.5 Å². The third-order valence-corrected chi connectivity index (χ3v) is 5.55. The molecule has 2 aromatic heterocycles. The van der Waals surface area contributed by atoms with E-state index in [0.29, 0.717) is 5.92 Å². The quantitative estimate of drug-likeness (QED) is 0.633. The first-order chi connectivity index (χ1) is 14.3. The van der Waals surface area contributed by atoms with Crippen LogP contribution in [0.1, 0.15) is 36.9 Å². The van der Waals surface area contributed by atoms with Crippen molar-refractivity contribution in [3.05, 3.63) is 84.1 Å². The maximum Gasteiger partial charge on any atom is 0.137 e. The second kappa shape index (κ2) is 9.52. The first-order valence-corrected chi connectivity index (χ1v) is 10.4. The Labute approximate surface area is 172 Å². The largest absolute Gasteiger partial charge is 0.385 e. The summed E-state index contributed by atoms with van der Waals surface area (Å²) < 4.78 is 0. The van der Waals surface area contributed by atoms with E-state index in [4.69, 9.17) is 0 Å². The minimum atomic E-state index is 0.632. The van der Waals surface area contributed by atoms with E-state index in [1.807, 2.05) is 36.8 Å². The molecule has 1 aliphatic rings. The zero-order valence-corrected chi connectivity index (χ0v) is 17.0. The number of benzene rings is 1. The van der Waals surface area contributed by atoms with Gasteiger partial charge in [0.25, 0.3) is 0 Å². The fourth-order valence-corrected chi connectivity index (χ4v) is 4.02. The van der Waals surface area contributed by atoms with Gasteiger partial charge in [0.2, 0.25) is 0 Å². The summed E-state index contributed by atoms with van der Waals surface area (Å²) in [4.78, 5) is 14.5. The van der Waals surface area contributed by atoms with Crippen molar-refractivity contribution in [2.75, 3.05) is 19.6 Å². The van der Waals surface area contributed by atoms with Crippen molar-refractivity contribution in [1.82, 2.24) is 25.2 Å². The van der Waals surface area contributed by atoms with Gasteiger partial charge in [0.15, 0.2) is 0 Å². The average molecular weight is 388 g/mol. The molecule has 1 aliphatic heterocycles. The molecule has 0 aliphatic carbocycles. The predicted octanol–water partition coefficient (Wildman–Crippen LogP) is 4.34. The summed E-state index contributed by atoms with van der Waals surface area (Å²) in [7, 11) is 0. The van der Waals surface area contributed by atoms with Gasteiger partial charge in [-0.05, 0) is 74.3 Å². The Morgan fingerprint density at radius 3 is 2.79 bits per heavy atom. The highest BCUT2D eigenvalue weighted by molar-refractivity contribution is 5.56. The fourth-order valence-electron chi connectivity index (χ4n) is 4.02. The molecule has 4 rings (SSSR count). The van der Waals surface area contributed by atoms with Gasteiger partial charge in [-0.15, -0.1) is 0 Å². The van der Waals surface area contributed by atoms with Gasteiger partial charge in [-0.1, -0.05) is 24.3 Å². The third kappa shape index (κ3) is 5.33. The van der Waals surface area contributed by atoms with Crippen molar-refractivity contribution in [1.29, 1.82) is 0 Å². The summed E-state index contributed by atoms with van der Waals surface area (Å²) in [6.07, 6.45) is 10.1. The second-order valence-corrected chi connectivity index (χ2v) is 7.81. The van der Waals surface area contributed by atoms with Gasteiger partial charge < -0.3 is 10.3 Å². The summed E-state index contributed by atoms with van der Waals surface area (Å²) in [6, 6.07) is 14.9. The monoisotopic (exact) mass is 387 g/mol. The van der Waals surface area contributed by atoms with Crippen LogP contribution in [0.15, 0.2) is 72.8 Å². The van der Waals surface area contributed by atoms with Crippen molar-refractivity contribution in [3.63, 3.8) is 0 Å². The molecule has 0 spiro atoms. The lowest BCUT2D eigenvalue weighted by atomic mass is 9.88. The lowest BCUT2D eigenvalue weighted by Gasteiger charge is -2.32. The topological polar surface area (TPSA) is 56.8 Å². The van der Waals surface area contributed by atoms with Gasteiger partial charge in [0.1, 0.15) is 5.82 Å². The molecule has 150 valence electrons. The molecule has 5 heteroatoms. The first kappa shape index (κ1) is 19.4. The number of imidazole rings is 1. The Kier molecular flexibility index (Phi) is 6.37. The van der Waals surface area contributed by atoms with Gasteiger partial charge in [-0.2, -0.15) is 0 Å². The SMILES string of the molecule is C/C(=C\NCc1ccccn1)CN1CCC(c2cccc(-c3ncc[nH]3)c2)CC1. The minimum absolute atomic E-state index is 0.632. The van der Waals surface area contributed by atoms with Crippen LogP contribution in [0.4, 0.5) is 0 Å². The second-order valence-electron chi connectivity index (χ2n) is 7.81. The van der Waals surface area contributed by atoms with E-state index in [0.717, 1.165) is 37.7 Å². The van der Waals surface area contributed by atoms with Crippen molar-refractivity contribution < 1.29 is 0 Å². The molecule has 0 atom stereocenters. The van der Waals surface area contributed by atoms with Gasteiger partial charge >= 0.3 is 0 Å². The van der Waals surface area contributed by atoms with Crippen LogP contribution in [0, 0.1) is 0 Å². The molecule has 5 nitrogen and oxygen atoms in total. The number of pyridine rings is 1. The smallest absolute Gasteiger partial charge is 0.137 e. The molecule has 0 unspecified atom stereocenters. The fraction of sp³-hybridized carbons (Fsp3) is 0.333. The average Bonchev–Trinajstić information content (AvgIpc) is 3.30. The van der Waals surface area contributed by atoms with Crippen LogP contribution in [-0.2, 0) is 6.54 Å². The Morgan fingerprint density at radius 2 is 2.03 bits per heavy atom. The molecule has 1 aromatic carbocycles. The molecule has 1 fully saturated rings. The molecule has 2 N–H and O–H groups in total. The summed E-state index contributed by atoms with van der Waals surface area (Å²) in [5, 5.41) is 3.39. The summed E-state index contributed by atoms with van der Waals surface area (Å²) in [5.41, 5.74) is 5.03. The van der Waals surface area contributed by atoms with Crippen molar-refractivity contribution in [2.24, 2.45) is 0 Å². The zero-order valence-electron chi connectivity index (χ0n) is 17.0. The molecule has 0 saturated carbocycles. The van der Waals surface area contributed by atoms with Crippen LogP contribution >= 0.6 is 0 Å². The van der Waals surface area contributed by atoms with Crippen LogP contribution in [0.5, 0.6) is 0 Å². The summed E-state index contributed by atoms with van der Waals surface area (Å²) in [6.45, 7) is 6.27. The van der Waals surface area contributed by atoms with E-state index >= 15 is 0 Å². The summed E-state index contributed by atoms with van der Waals surface area (Å²) in [5.74, 6) is 1.58. The highest BCUT2D eigenvalue weighted by atomic mass is 15.1.